The molecule has 0 fully saturated rings. The SMILES string of the molecule is CC[N+](C)(CC)CCCNC(=O)C1=C(O)c2ccccc2S(=O)(=O)N1C.[Br-]. The molecule has 152 valence electrons. The standard InChI is InChI=1S/C18H27N3O4S.BrH/c1-5-21(4,6-2)13-9-12-19-18(23)16-17(22)14-10-7-8-11-15(14)26(24,25)20(16)3;/h7-8,10-11H,5-6,9,12-13H2,1-4H3,(H-,19,22,23);1H. The molecule has 2 rings (SSSR count). The minimum absolute atomic E-state index is 0. The molecule has 0 unspecified atom stereocenters. The van der Waals surface area contributed by atoms with Crippen LogP contribution in [-0.4, -0.2) is 68.5 Å². The van der Waals surface area contributed by atoms with Crippen molar-refractivity contribution in [3.8, 4) is 0 Å². The maximum Gasteiger partial charge on any atom is 0.272 e. The molecule has 0 spiro atoms. The number of carbonyl (C=O) groups excluding carboxylic acids is 1. The van der Waals surface area contributed by atoms with Gasteiger partial charge in [0.1, 0.15) is 0 Å². The minimum atomic E-state index is -3.86. The Kier molecular flexibility index (Phi) is 7.88. The highest BCUT2D eigenvalue weighted by atomic mass is 79.9. The number of rotatable bonds is 7. The van der Waals surface area contributed by atoms with Crippen LogP contribution in [0.15, 0.2) is 34.9 Å². The third-order valence-corrected chi connectivity index (χ3v) is 7.04. The van der Waals surface area contributed by atoms with Crippen LogP contribution in [0.3, 0.4) is 0 Å². The number of fused-ring (bicyclic) bond motifs is 1. The summed E-state index contributed by atoms with van der Waals surface area (Å²) in [5.74, 6) is -0.913. The molecular weight excluding hydrogens is 434 g/mol. The number of benzene rings is 1. The van der Waals surface area contributed by atoms with Gasteiger partial charge in [-0.05, 0) is 26.0 Å². The van der Waals surface area contributed by atoms with E-state index in [0.717, 1.165) is 34.8 Å². The van der Waals surface area contributed by atoms with E-state index in [-0.39, 0.29) is 38.9 Å². The van der Waals surface area contributed by atoms with Crippen LogP contribution >= 0.6 is 0 Å². The Morgan fingerprint density at radius 3 is 2.41 bits per heavy atom. The van der Waals surface area contributed by atoms with E-state index in [1.165, 1.54) is 19.2 Å². The van der Waals surface area contributed by atoms with E-state index >= 15 is 0 Å². The second kappa shape index (κ2) is 9.07. The van der Waals surface area contributed by atoms with Crippen molar-refractivity contribution in [3.05, 3.63) is 35.5 Å². The fourth-order valence-corrected chi connectivity index (χ4v) is 4.37. The Balaban J connectivity index is 0.00000364. The highest BCUT2D eigenvalue weighted by Crippen LogP contribution is 2.34. The molecule has 9 heteroatoms. The zero-order chi connectivity index (χ0) is 19.5. The minimum Gasteiger partial charge on any atom is -1.00 e. The quantitative estimate of drug-likeness (QED) is 0.384. The lowest BCUT2D eigenvalue weighted by Gasteiger charge is -2.32. The van der Waals surface area contributed by atoms with Gasteiger partial charge in [-0.25, -0.2) is 8.42 Å². The first-order valence-corrected chi connectivity index (χ1v) is 10.2. The number of nitrogens with one attached hydrogen (secondary N) is 1. The summed E-state index contributed by atoms with van der Waals surface area (Å²) < 4.78 is 27.0. The highest BCUT2D eigenvalue weighted by Gasteiger charge is 2.37. The highest BCUT2D eigenvalue weighted by molar-refractivity contribution is 7.89. The zero-order valence-corrected chi connectivity index (χ0v) is 18.6. The molecular formula is C18H28BrN3O4S. The van der Waals surface area contributed by atoms with Crippen LogP contribution in [0.25, 0.3) is 5.76 Å². The maximum absolute atomic E-state index is 12.6. The van der Waals surface area contributed by atoms with Crippen LogP contribution in [0.1, 0.15) is 25.8 Å². The van der Waals surface area contributed by atoms with Gasteiger partial charge in [0.05, 0.1) is 31.6 Å². The van der Waals surface area contributed by atoms with Gasteiger partial charge in [-0.1, -0.05) is 12.1 Å². The van der Waals surface area contributed by atoms with Gasteiger partial charge in [-0.3, -0.25) is 9.10 Å². The maximum atomic E-state index is 12.6. The molecule has 1 aromatic carbocycles. The molecule has 1 aliphatic rings. The van der Waals surface area contributed by atoms with Gasteiger partial charge in [0.15, 0.2) is 11.5 Å². The van der Waals surface area contributed by atoms with Gasteiger partial charge in [0.25, 0.3) is 15.9 Å². The molecule has 1 aliphatic heterocycles. The Morgan fingerprint density at radius 2 is 1.81 bits per heavy atom. The molecule has 0 saturated heterocycles. The Morgan fingerprint density at radius 1 is 1.22 bits per heavy atom. The number of amides is 1. The fraction of sp³-hybridized carbons (Fsp3) is 0.500. The van der Waals surface area contributed by atoms with E-state index in [1.54, 1.807) is 12.1 Å². The number of nitrogens with zero attached hydrogens (tertiary/aromatic N) is 2. The second-order valence-electron chi connectivity index (χ2n) is 6.75. The lowest BCUT2D eigenvalue weighted by Crippen LogP contribution is -3.00. The Bertz CT molecular complexity index is 820. The molecule has 0 bridgehead atoms. The Labute approximate surface area is 172 Å². The van der Waals surface area contributed by atoms with Crippen molar-refractivity contribution in [3.63, 3.8) is 0 Å². The predicted molar refractivity (Wildman–Crippen MR) is 101 cm³/mol. The van der Waals surface area contributed by atoms with Gasteiger partial charge in [0, 0.05) is 25.6 Å². The predicted octanol–water partition coefficient (Wildman–Crippen LogP) is -1.46. The summed E-state index contributed by atoms with van der Waals surface area (Å²) in [4.78, 5) is 12.5. The first-order chi connectivity index (χ1) is 12.2. The third-order valence-electron chi connectivity index (χ3n) is 5.22. The van der Waals surface area contributed by atoms with Crippen molar-refractivity contribution < 1.29 is 39.8 Å². The van der Waals surface area contributed by atoms with Gasteiger partial charge in [0.2, 0.25) is 0 Å². The summed E-state index contributed by atoms with van der Waals surface area (Å²) in [6.07, 6.45) is 0.769. The van der Waals surface area contributed by atoms with Crippen molar-refractivity contribution in [2.75, 3.05) is 40.3 Å². The Hall–Kier alpha value is -1.58. The van der Waals surface area contributed by atoms with E-state index in [0.29, 0.717) is 6.54 Å². The average molecular weight is 462 g/mol. The molecule has 0 atom stereocenters. The summed E-state index contributed by atoms with van der Waals surface area (Å²) in [6.45, 7) is 7.60. The van der Waals surface area contributed by atoms with Gasteiger partial charge in [-0.2, -0.15) is 0 Å². The molecule has 0 saturated carbocycles. The van der Waals surface area contributed by atoms with Gasteiger partial charge in [-0.15, -0.1) is 0 Å². The van der Waals surface area contributed by atoms with Gasteiger partial charge >= 0.3 is 0 Å². The first-order valence-electron chi connectivity index (χ1n) is 8.81. The molecule has 0 radical (unpaired) electrons. The van der Waals surface area contributed by atoms with E-state index in [1.807, 2.05) is 0 Å². The zero-order valence-electron chi connectivity index (χ0n) is 16.2. The van der Waals surface area contributed by atoms with E-state index in [9.17, 15) is 18.3 Å². The number of hydrogen-bond donors (Lipinski definition) is 2. The van der Waals surface area contributed by atoms with Crippen molar-refractivity contribution >= 4 is 21.7 Å². The summed E-state index contributed by atoms with van der Waals surface area (Å²) in [6, 6.07) is 6.12. The normalized spacial score (nSPS) is 15.8. The summed E-state index contributed by atoms with van der Waals surface area (Å²) in [5.41, 5.74) is -0.0936. The van der Waals surface area contributed by atoms with E-state index in [4.69, 9.17) is 0 Å². The number of aliphatic hydroxyl groups is 1. The summed E-state index contributed by atoms with van der Waals surface area (Å²) in [5, 5.41) is 13.2. The molecule has 27 heavy (non-hydrogen) atoms. The molecule has 1 amide bonds. The molecule has 2 N–H and O–H groups in total. The van der Waals surface area contributed by atoms with Crippen molar-refractivity contribution in [1.29, 1.82) is 0 Å². The summed E-state index contributed by atoms with van der Waals surface area (Å²) >= 11 is 0. The monoisotopic (exact) mass is 461 g/mol. The average Bonchev–Trinajstić information content (AvgIpc) is 2.64. The third kappa shape index (κ3) is 4.64. The first kappa shape index (κ1) is 23.5. The smallest absolute Gasteiger partial charge is 0.272 e. The number of likely N-dealkylation sites (N-methyl/N-ethyl adjacent to an activating group) is 1. The lowest BCUT2D eigenvalue weighted by atomic mass is 10.1. The number of aliphatic hydroxyl groups excluding tert-OH is 1. The van der Waals surface area contributed by atoms with Crippen molar-refractivity contribution in [2.24, 2.45) is 0 Å². The number of quaternary nitrogens is 1. The number of carbonyl (C=O) groups is 1. The fourth-order valence-electron chi connectivity index (χ4n) is 2.97. The second-order valence-corrected chi connectivity index (χ2v) is 8.69. The van der Waals surface area contributed by atoms with Crippen LogP contribution in [0, 0.1) is 0 Å². The van der Waals surface area contributed by atoms with E-state index in [2.05, 4.69) is 26.2 Å². The number of sulfonamides is 1. The van der Waals surface area contributed by atoms with Gasteiger partial charge < -0.3 is 31.9 Å². The molecule has 7 nitrogen and oxygen atoms in total. The molecule has 0 aromatic heterocycles. The van der Waals surface area contributed by atoms with Crippen molar-refractivity contribution in [2.45, 2.75) is 25.2 Å². The van der Waals surface area contributed by atoms with Crippen LogP contribution in [-0.2, 0) is 14.8 Å². The molecule has 1 aromatic rings. The number of hydrogen-bond acceptors (Lipinski definition) is 4. The van der Waals surface area contributed by atoms with Crippen LogP contribution < -0.4 is 22.3 Å². The largest absolute Gasteiger partial charge is 1.00 e. The van der Waals surface area contributed by atoms with Crippen LogP contribution in [0.2, 0.25) is 0 Å². The lowest BCUT2D eigenvalue weighted by molar-refractivity contribution is -0.906. The van der Waals surface area contributed by atoms with Crippen LogP contribution in [0.4, 0.5) is 0 Å². The topological polar surface area (TPSA) is 86.7 Å². The molecule has 1 heterocycles. The molecule has 0 aliphatic carbocycles. The summed E-state index contributed by atoms with van der Waals surface area (Å²) in [7, 11) is -0.420. The van der Waals surface area contributed by atoms with Crippen LogP contribution in [0.5, 0.6) is 0 Å². The van der Waals surface area contributed by atoms with Crippen molar-refractivity contribution in [1.82, 2.24) is 9.62 Å². The van der Waals surface area contributed by atoms with E-state index < -0.39 is 15.9 Å². The number of halogens is 1.